The smallest absolute Gasteiger partial charge is 0.257 e. The number of hydrogen-bond donors (Lipinski definition) is 2. The molecule has 1 aliphatic carbocycles. The predicted molar refractivity (Wildman–Crippen MR) is 152 cm³/mol. The number of carbonyl (C=O) groups excluding carboxylic acids is 1. The second-order valence-corrected chi connectivity index (χ2v) is 15.4. The molecule has 0 atom stereocenters. The molecule has 6 rings (SSSR count). The number of pyridine rings is 1. The molecular weight excluding hydrogens is 570 g/mol. The van der Waals surface area contributed by atoms with E-state index >= 15 is 0 Å². The number of nitrogens with zero attached hydrogens (tertiary/aromatic N) is 7. The Hall–Kier alpha value is -3.63. The normalized spacial score (nSPS) is 18.7. The number of sulfonamides is 1. The summed E-state index contributed by atoms with van der Waals surface area (Å²) in [4.78, 5) is 28.3. The molecular formula is C25H31N9O5S2. The van der Waals surface area contributed by atoms with Crippen molar-refractivity contribution in [2.75, 3.05) is 43.1 Å². The van der Waals surface area contributed by atoms with E-state index in [1.165, 1.54) is 29.2 Å². The highest BCUT2D eigenvalue weighted by molar-refractivity contribution is 7.90. The molecule has 3 aromatic rings. The number of rotatable bonds is 9. The Bertz CT molecular complexity index is 1720. The average molecular weight is 602 g/mol. The fourth-order valence-corrected chi connectivity index (χ4v) is 7.61. The van der Waals surface area contributed by atoms with Crippen LogP contribution in [0, 0.1) is 5.41 Å². The molecule has 2 aliphatic heterocycles. The average Bonchev–Trinajstić information content (AvgIpc) is 3.58. The largest absolute Gasteiger partial charge is 0.382 e. The summed E-state index contributed by atoms with van der Waals surface area (Å²) < 4.78 is 50.8. The monoisotopic (exact) mass is 601 g/mol. The van der Waals surface area contributed by atoms with Crippen molar-refractivity contribution in [3.05, 3.63) is 42.5 Å². The van der Waals surface area contributed by atoms with Crippen molar-refractivity contribution in [1.82, 2.24) is 33.3 Å². The minimum absolute atomic E-state index is 0.0450. The van der Waals surface area contributed by atoms with E-state index in [1.54, 1.807) is 23.2 Å². The van der Waals surface area contributed by atoms with Crippen LogP contribution in [0.4, 0.5) is 17.3 Å². The molecule has 1 spiro atoms. The molecule has 1 amide bonds. The van der Waals surface area contributed by atoms with E-state index in [9.17, 15) is 21.6 Å². The topological polar surface area (TPSA) is 172 Å². The van der Waals surface area contributed by atoms with Gasteiger partial charge in [-0.05, 0) is 32.8 Å². The van der Waals surface area contributed by atoms with Crippen LogP contribution in [0.1, 0.15) is 37.0 Å². The van der Waals surface area contributed by atoms with Crippen LogP contribution in [-0.4, -0.2) is 99.8 Å². The van der Waals surface area contributed by atoms with Gasteiger partial charge in [0.1, 0.15) is 11.6 Å². The van der Waals surface area contributed by atoms with Gasteiger partial charge in [-0.15, -0.1) is 0 Å². The number of anilines is 3. The molecule has 218 valence electrons. The molecule has 3 aliphatic rings. The Morgan fingerprint density at radius 1 is 1.05 bits per heavy atom. The van der Waals surface area contributed by atoms with E-state index in [0.717, 1.165) is 4.09 Å². The maximum absolute atomic E-state index is 13.3. The first-order valence-corrected chi connectivity index (χ1v) is 16.6. The minimum Gasteiger partial charge on any atom is -0.382 e. The van der Waals surface area contributed by atoms with Gasteiger partial charge >= 0.3 is 0 Å². The molecule has 0 bridgehead atoms. The minimum atomic E-state index is -3.49. The van der Waals surface area contributed by atoms with Crippen molar-refractivity contribution in [2.45, 2.75) is 38.0 Å². The first-order valence-electron chi connectivity index (χ1n) is 13.2. The first-order chi connectivity index (χ1) is 19.3. The van der Waals surface area contributed by atoms with Gasteiger partial charge in [-0.25, -0.2) is 36.1 Å². The number of nitrogens with one attached hydrogen (secondary N) is 2. The van der Waals surface area contributed by atoms with Gasteiger partial charge in [0.25, 0.3) is 15.9 Å². The predicted octanol–water partition coefficient (Wildman–Crippen LogP) is 1.36. The summed E-state index contributed by atoms with van der Waals surface area (Å²) in [5.41, 5.74) is 1.33. The second kappa shape index (κ2) is 9.73. The summed E-state index contributed by atoms with van der Waals surface area (Å²) in [6, 6.07) is 3.44. The highest BCUT2D eigenvalue weighted by atomic mass is 32.2. The summed E-state index contributed by atoms with van der Waals surface area (Å²) in [7, 11) is -6.71. The van der Waals surface area contributed by atoms with Crippen molar-refractivity contribution in [3.8, 4) is 11.4 Å². The van der Waals surface area contributed by atoms with Crippen LogP contribution >= 0.6 is 0 Å². The van der Waals surface area contributed by atoms with Crippen molar-refractivity contribution in [1.29, 1.82) is 0 Å². The second-order valence-electron chi connectivity index (χ2n) is 11.3. The molecule has 3 fully saturated rings. The van der Waals surface area contributed by atoms with E-state index in [1.807, 2.05) is 13.8 Å². The van der Waals surface area contributed by atoms with E-state index in [0.29, 0.717) is 73.3 Å². The molecule has 5 heterocycles. The zero-order valence-corrected chi connectivity index (χ0v) is 24.5. The van der Waals surface area contributed by atoms with Gasteiger partial charge in [0.05, 0.1) is 40.7 Å². The van der Waals surface area contributed by atoms with Crippen LogP contribution in [0.2, 0.25) is 0 Å². The SMILES string of the molecule is CC(C)Nc1cc(Nc2ccnc(-c3cnn(S(=O)(=O)C4CC4)c3)n2)ncc1C(=O)N1CC2(C1)CN(S(C)(=O)=O)C2. The van der Waals surface area contributed by atoms with Crippen LogP contribution in [0.3, 0.4) is 0 Å². The Labute approximate surface area is 238 Å². The van der Waals surface area contributed by atoms with E-state index in [4.69, 9.17) is 0 Å². The van der Waals surface area contributed by atoms with Gasteiger partial charge < -0.3 is 15.5 Å². The van der Waals surface area contributed by atoms with Gasteiger partial charge in [-0.3, -0.25) is 4.79 Å². The fraction of sp³-hybridized carbons (Fsp3) is 0.480. The zero-order chi connectivity index (χ0) is 29.2. The van der Waals surface area contributed by atoms with Crippen LogP contribution in [-0.2, 0) is 20.0 Å². The lowest BCUT2D eigenvalue weighted by atomic mass is 9.74. The Morgan fingerprint density at radius 3 is 2.44 bits per heavy atom. The highest BCUT2D eigenvalue weighted by Crippen LogP contribution is 2.41. The standard InChI is InChI=1S/C25H31N9O5S2/c1-16(2)29-20-8-22(27-10-19(20)24(35)32-12-25(13-32)14-33(15-25)40(3,36)37)30-21-6-7-26-23(31-21)17-9-28-34(11-17)41(38,39)18-4-5-18/h6-11,16,18H,4-5,12-15H2,1-3H3,(H2,26,27,29,30,31). The van der Waals surface area contributed by atoms with Gasteiger partial charge in [-0.1, -0.05) is 0 Å². The van der Waals surface area contributed by atoms with Gasteiger partial charge in [0.15, 0.2) is 5.82 Å². The lowest BCUT2D eigenvalue weighted by molar-refractivity contribution is -0.0630. The fourth-order valence-electron chi connectivity index (χ4n) is 5.12. The van der Waals surface area contributed by atoms with E-state index in [-0.39, 0.29) is 22.6 Å². The van der Waals surface area contributed by atoms with Crippen molar-refractivity contribution < 1.29 is 21.6 Å². The molecule has 14 nitrogen and oxygen atoms in total. The van der Waals surface area contributed by atoms with Gasteiger partial charge in [0.2, 0.25) is 10.0 Å². The molecule has 1 saturated carbocycles. The summed E-state index contributed by atoms with van der Waals surface area (Å²) >= 11 is 0. The zero-order valence-electron chi connectivity index (χ0n) is 22.8. The summed E-state index contributed by atoms with van der Waals surface area (Å²) in [5.74, 6) is 1.01. The lowest BCUT2D eigenvalue weighted by Gasteiger charge is -2.59. The van der Waals surface area contributed by atoms with Gasteiger partial charge in [-0.2, -0.15) is 9.19 Å². The number of aromatic nitrogens is 5. The molecule has 16 heteroatoms. The lowest BCUT2D eigenvalue weighted by Crippen LogP contribution is -2.73. The molecule has 3 aromatic heterocycles. The van der Waals surface area contributed by atoms with Crippen LogP contribution in [0.15, 0.2) is 36.9 Å². The van der Waals surface area contributed by atoms with Crippen molar-refractivity contribution in [2.24, 2.45) is 5.41 Å². The highest BCUT2D eigenvalue weighted by Gasteiger charge is 2.55. The number of amides is 1. The molecule has 0 radical (unpaired) electrons. The Balaban J connectivity index is 1.17. The molecule has 0 aromatic carbocycles. The molecule has 41 heavy (non-hydrogen) atoms. The number of likely N-dealkylation sites (tertiary alicyclic amines) is 1. The summed E-state index contributed by atoms with van der Waals surface area (Å²) in [6.45, 7) is 5.81. The van der Waals surface area contributed by atoms with Crippen molar-refractivity contribution in [3.63, 3.8) is 0 Å². The van der Waals surface area contributed by atoms with E-state index in [2.05, 4.69) is 30.7 Å². The van der Waals surface area contributed by atoms with Crippen LogP contribution in [0.25, 0.3) is 11.4 Å². The van der Waals surface area contributed by atoms with E-state index < -0.39 is 20.0 Å². The van der Waals surface area contributed by atoms with Crippen molar-refractivity contribution >= 4 is 43.3 Å². The number of hydrogen-bond acceptors (Lipinski definition) is 11. The van der Waals surface area contributed by atoms with Crippen LogP contribution in [0.5, 0.6) is 0 Å². The number of carbonyl (C=O) groups is 1. The third-order valence-corrected chi connectivity index (χ3v) is 10.6. The molecule has 2 saturated heterocycles. The maximum atomic E-state index is 13.3. The third-order valence-electron chi connectivity index (χ3n) is 7.35. The molecule has 0 unspecified atom stereocenters. The van der Waals surface area contributed by atoms with Crippen LogP contribution < -0.4 is 10.6 Å². The summed E-state index contributed by atoms with van der Waals surface area (Å²) in [5, 5.41) is 10.1. The molecule has 2 N–H and O–H groups in total. The maximum Gasteiger partial charge on any atom is 0.257 e. The van der Waals surface area contributed by atoms with Gasteiger partial charge in [0, 0.05) is 56.1 Å². The quantitative estimate of drug-likeness (QED) is 0.363. The first kappa shape index (κ1) is 27.5. The Kier molecular flexibility index (Phi) is 6.54. The Morgan fingerprint density at radius 2 is 1.78 bits per heavy atom. The summed E-state index contributed by atoms with van der Waals surface area (Å²) in [6.07, 6.45) is 8.38. The third kappa shape index (κ3) is 5.38.